The van der Waals surface area contributed by atoms with Crippen molar-refractivity contribution in [3.8, 4) is 0 Å². The van der Waals surface area contributed by atoms with Crippen molar-refractivity contribution in [2.75, 3.05) is 31.9 Å². The van der Waals surface area contributed by atoms with Crippen molar-refractivity contribution in [2.45, 2.75) is 19.8 Å². The third-order valence-electron chi connectivity index (χ3n) is 3.92. The number of likely N-dealkylation sites (tertiary alicyclic amines) is 1. The lowest BCUT2D eigenvalue weighted by atomic mass is 9.99. The molecule has 0 spiro atoms. The van der Waals surface area contributed by atoms with Gasteiger partial charge in [-0.15, -0.1) is 0 Å². The van der Waals surface area contributed by atoms with Gasteiger partial charge in [-0.25, -0.2) is 13.6 Å². The summed E-state index contributed by atoms with van der Waals surface area (Å²) in [6, 6.07) is 10.5. The van der Waals surface area contributed by atoms with Gasteiger partial charge in [0.1, 0.15) is 0 Å². The van der Waals surface area contributed by atoms with E-state index in [0.717, 1.165) is 38.4 Å². The number of nitrogens with one attached hydrogen (secondary N) is 1. The van der Waals surface area contributed by atoms with Crippen LogP contribution in [0.1, 0.15) is 18.9 Å². The van der Waals surface area contributed by atoms with Crippen LogP contribution < -0.4 is 10.5 Å². The lowest BCUT2D eigenvalue weighted by Gasteiger charge is -2.21. The van der Waals surface area contributed by atoms with Crippen molar-refractivity contribution in [3.05, 3.63) is 35.9 Å². The molecule has 1 atom stereocenters. The Labute approximate surface area is 138 Å². The van der Waals surface area contributed by atoms with Crippen LogP contribution in [0.4, 0.5) is 0 Å². The van der Waals surface area contributed by atoms with Crippen LogP contribution in [-0.4, -0.2) is 51.2 Å². The highest BCUT2D eigenvalue weighted by molar-refractivity contribution is 7.89. The van der Waals surface area contributed by atoms with E-state index in [2.05, 4.69) is 39.5 Å². The van der Waals surface area contributed by atoms with Crippen molar-refractivity contribution >= 4 is 16.0 Å². The number of guanidine groups is 1. The molecule has 0 radical (unpaired) electrons. The zero-order valence-electron chi connectivity index (χ0n) is 13.6. The second-order valence-electron chi connectivity index (χ2n) is 5.89. The fourth-order valence-corrected chi connectivity index (χ4v) is 3.19. The molecule has 1 aliphatic heterocycles. The van der Waals surface area contributed by atoms with Gasteiger partial charge in [0.25, 0.3) is 0 Å². The Kier molecular flexibility index (Phi) is 6.41. The highest BCUT2D eigenvalue weighted by Gasteiger charge is 2.24. The van der Waals surface area contributed by atoms with Gasteiger partial charge in [-0.3, -0.25) is 4.99 Å². The third kappa shape index (κ3) is 6.19. The lowest BCUT2D eigenvalue weighted by Crippen LogP contribution is -2.40. The number of primary sulfonamides is 1. The smallest absolute Gasteiger partial charge is 0.210 e. The molecule has 6 nitrogen and oxygen atoms in total. The topological polar surface area (TPSA) is 87.8 Å². The molecule has 1 fully saturated rings. The van der Waals surface area contributed by atoms with Crippen molar-refractivity contribution < 1.29 is 8.42 Å². The van der Waals surface area contributed by atoms with E-state index in [1.807, 2.05) is 13.0 Å². The first kappa shape index (κ1) is 17.7. The Morgan fingerprint density at radius 1 is 1.39 bits per heavy atom. The van der Waals surface area contributed by atoms with E-state index in [0.29, 0.717) is 5.92 Å². The summed E-state index contributed by atoms with van der Waals surface area (Å²) in [7, 11) is -3.46. The van der Waals surface area contributed by atoms with E-state index in [4.69, 9.17) is 5.14 Å². The Bertz CT molecular complexity index is 616. The summed E-state index contributed by atoms with van der Waals surface area (Å²) < 4.78 is 22.0. The predicted molar refractivity (Wildman–Crippen MR) is 93.8 cm³/mol. The maximum Gasteiger partial charge on any atom is 0.210 e. The molecule has 1 heterocycles. The Morgan fingerprint density at radius 2 is 2.13 bits per heavy atom. The second kappa shape index (κ2) is 8.31. The van der Waals surface area contributed by atoms with E-state index >= 15 is 0 Å². The average molecular weight is 338 g/mol. The Balaban J connectivity index is 1.92. The molecule has 0 amide bonds. The van der Waals surface area contributed by atoms with Crippen LogP contribution in [-0.2, 0) is 16.4 Å². The van der Waals surface area contributed by atoms with Crippen molar-refractivity contribution in [1.29, 1.82) is 0 Å². The predicted octanol–water partition coefficient (Wildman–Crippen LogP) is 0.805. The van der Waals surface area contributed by atoms with E-state index in [-0.39, 0.29) is 12.3 Å². The molecule has 1 aromatic carbocycles. The van der Waals surface area contributed by atoms with Crippen LogP contribution in [0.15, 0.2) is 35.3 Å². The van der Waals surface area contributed by atoms with Gasteiger partial charge in [0.2, 0.25) is 10.0 Å². The van der Waals surface area contributed by atoms with Gasteiger partial charge in [0.05, 0.1) is 12.3 Å². The molecule has 7 heteroatoms. The monoisotopic (exact) mass is 338 g/mol. The molecule has 23 heavy (non-hydrogen) atoms. The fourth-order valence-electron chi connectivity index (χ4n) is 2.84. The summed E-state index contributed by atoms with van der Waals surface area (Å²) >= 11 is 0. The lowest BCUT2D eigenvalue weighted by molar-refractivity contribution is 0.460. The number of hydrogen-bond acceptors (Lipinski definition) is 3. The van der Waals surface area contributed by atoms with Gasteiger partial charge in [-0.2, -0.15) is 0 Å². The van der Waals surface area contributed by atoms with Crippen LogP contribution in [0.5, 0.6) is 0 Å². The quantitative estimate of drug-likeness (QED) is 0.593. The highest BCUT2D eigenvalue weighted by atomic mass is 32.2. The number of nitrogens with zero attached hydrogens (tertiary/aromatic N) is 2. The number of benzene rings is 1. The minimum Gasteiger partial charge on any atom is -0.357 e. The molecule has 1 aromatic rings. The van der Waals surface area contributed by atoms with Crippen LogP contribution in [0.3, 0.4) is 0 Å². The van der Waals surface area contributed by atoms with Crippen molar-refractivity contribution in [2.24, 2.45) is 16.0 Å². The molecular formula is C16H26N4O2S. The zero-order chi connectivity index (χ0) is 16.7. The fraction of sp³-hybridized carbons (Fsp3) is 0.562. The van der Waals surface area contributed by atoms with Crippen LogP contribution in [0, 0.1) is 5.92 Å². The van der Waals surface area contributed by atoms with Gasteiger partial charge in [-0.05, 0) is 31.2 Å². The SMILES string of the molecule is CCNC(=NCCS(N)(=O)=O)N1CCC(Cc2ccccc2)C1. The normalized spacial score (nSPS) is 19.1. The van der Waals surface area contributed by atoms with Gasteiger partial charge in [0, 0.05) is 19.6 Å². The first-order chi connectivity index (χ1) is 11.0. The Hall–Kier alpha value is -1.60. The summed E-state index contributed by atoms with van der Waals surface area (Å²) in [6.45, 7) is 4.84. The number of nitrogens with two attached hydrogens (primary N) is 1. The van der Waals surface area contributed by atoms with Crippen LogP contribution >= 0.6 is 0 Å². The summed E-state index contributed by atoms with van der Waals surface area (Å²) in [5, 5.41) is 8.26. The second-order valence-corrected chi connectivity index (χ2v) is 7.63. The maximum absolute atomic E-state index is 11.0. The first-order valence-electron chi connectivity index (χ1n) is 8.05. The Morgan fingerprint density at radius 3 is 2.78 bits per heavy atom. The van der Waals surface area contributed by atoms with Crippen LogP contribution in [0.2, 0.25) is 0 Å². The summed E-state index contributed by atoms with van der Waals surface area (Å²) in [6.07, 6.45) is 2.18. The summed E-state index contributed by atoms with van der Waals surface area (Å²) in [5.74, 6) is 1.26. The molecule has 0 saturated carbocycles. The van der Waals surface area contributed by atoms with E-state index < -0.39 is 10.0 Å². The highest BCUT2D eigenvalue weighted by Crippen LogP contribution is 2.20. The van der Waals surface area contributed by atoms with Gasteiger partial charge >= 0.3 is 0 Å². The largest absolute Gasteiger partial charge is 0.357 e. The summed E-state index contributed by atoms with van der Waals surface area (Å²) in [5.41, 5.74) is 1.36. The van der Waals surface area contributed by atoms with E-state index in [1.54, 1.807) is 0 Å². The van der Waals surface area contributed by atoms with Crippen LogP contribution in [0.25, 0.3) is 0 Å². The van der Waals surface area contributed by atoms with Gasteiger partial charge in [0.15, 0.2) is 5.96 Å². The molecule has 1 unspecified atom stereocenters. The molecule has 3 N–H and O–H groups in total. The molecule has 128 valence electrons. The molecular weight excluding hydrogens is 312 g/mol. The van der Waals surface area contributed by atoms with E-state index in [9.17, 15) is 8.42 Å². The first-order valence-corrected chi connectivity index (χ1v) is 9.77. The summed E-state index contributed by atoms with van der Waals surface area (Å²) in [4.78, 5) is 6.60. The molecule has 2 rings (SSSR count). The molecule has 0 bridgehead atoms. The number of sulfonamides is 1. The average Bonchev–Trinajstić information content (AvgIpc) is 2.94. The molecule has 1 aliphatic rings. The minimum atomic E-state index is -3.46. The third-order valence-corrected chi connectivity index (χ3v) is 4.68. The standard InChI is InChI=1S/C16H26N4O2S/c1-2-18-16(19-9-11-23(17,21)22)20-10-8-15(13-20)12-14-6-4-3-5-7-14/h3-7,15H,2,8-13H2,1H3,(H,18,19)(H2,17,21,22). The van der Waals surface area contributed by atoms with Crippen molar-refractivity contribution in [3.63, 3.8) is 0 Å². The minimum absolute atomic E-state index is 0.122. The van der Waals surface area contributed by atoms with Gasteiger partial charge < -0.3 is 10.2 Å². The van der Waals surface area contributed by atoms with Gasteiger partial charge in [-0.1, -0.05) is 30.3 Å². The number of aliphatic imine (C=N–C) groups is 1. The molecule has 1 saturated heterocycles. The maximum atomic E-state index is 11.0. The molecule has 0 aliphatic carbocycles. The van der Waals surface area contributed by atoms with E-state index in [1.165, 1.54) is 5.56 Å². The number of hydrogen-bond donors (Lipinski definition) is 2. The molecule has 0 aromatic heterocycles. The number of rotatable bonds is 6. The zero-order valence-corrected chi connectivity index (χ0v) is 14.4. The van der Waals surface area contributed by atoms with Crippen molar-refractivity contribution in [1.82, 2.24) is 10.2 Å².